The van der Waals surface area contributed by atoms with Crippen molar-refractivity contribution in [2.75, 3.05) is 11.4 Å². The third-order valence-electron chi connectivity index (χ3n) is 4.26. The molecule has 21 heavy (non-hydrogen) atoms. The highest BCUT2D eigenvalue weighted by Gasteiger charge is 2.43. The van der Waals surface area contributed by atoms with E-state index in [4.69, 9.17) is 0 Å². The smallest absolute Gasteiger partial charge is 0.310 e. The standard InChI is InChI=1S/C16H21NO4/c1-2-17(12-6-5-7-13(18)10-12)14(19)11-16(15(20)21)8-3-4-9-16/h5-7,10,18H,2-4,8-9,11H2,1H3,(H,20,21). The van der Waals surface area contributed by atoms with Gasteiger partial charge in [0.1, 0.15) is 5.75 Å². The van der Waals surface area contributed by atoms with Crippen LogP contribution in [-0.2, 0) is 9.59 Å². The molecule has 1 amide bonds. The van der Waals surface area contributed by atoms with E-state index < -0.39 is 11.4 Å². The molecule has 2 rings (SSSR count). The summed E-state index contributed by atoms with van der Waals surface area (Å²) in [4.78, 5) is 25.6. The Bertz CT molecular complexity index is 535. The van der Waals surface area contributed by atoms with E-state index in [0.717, 1.165) is 12.8 Å². The number of aliphatic carboxylic acids is 1. The van der Waals surface area contributed by atoms with E-state index in [1.807, 2.05) is 6.92 Å². The van der Waals surface area contributed by atoms with Crippen LogP contribution in [0.1, 0.15) is 39.0 Å². The second-order valence-corrected chi connectivity index (χ2v) is 5.63. The molecule has 0 atom stereocenters. The lowest BCUT2D eigenvalue weighted by atomic mass is 9.82. The van der Waals surface area contributed by atoms with Crippen molar-refractivity contribution in [2.24, 2.45) is 5.41 Å². The highest BCUT2D eigenvalue weighted by molar-refractivity contribution is 5.96. The van der Waals surface area contributed by atoms with Crippen molar-refractivity contribution >= 4 is 17.6 Å². The predicted octanol–water partition coefficient (Wildman–Crippen LogP) is 2.78. The average molecular weight is 291 g/mol. The Labute approximate surface area is 124 Å². The summed E-state index contributed by atoms with van der Waals surface area (Å²) in [6.45, 7) is 2.28. The predicted molar refractivity (Wildman–Crippen MR) is 79.3 cm³/mol. The largest absolute Gasteiger partial charge is 0.508 e. The zero-order chi connectivity index (χ0) is 15.5. The maximum Gasteiger partial charge on any atom is 0.310 e. The Morgan fingerprint density at radius 3 is 2.48 bits per heavy atom. The number of carboxylic acids is 1. The van der Waals surface area contributed by atoms with Crippen LogP contribution in [0.2, 0.25) is 0 Å². The molecule has 0 bridgehead atoms. The van der Waals surface area contributed by atoms with Crippen LogP contribution < -0.4 is 4.90 Å². The highest BCUT2D eigenvalue weighted by atomic mass is 16.4. The number of carbonyl (C=O) groups is 2. The van der Waals surface area contributed by atoms with E-state index in [2.05, 4.69) is 0 Å². The lowest BCUT2D eigenvalue weighted by Crippen LogP contribution is -2.38. The van der Waals surface area contributed by atoms with Gasteiger partial charge in [-0.3, -0.25) is 9.59 Å². The number of aromatic hydroxyl groups is 1. The molecule has 0 aromatic heterocycles. The molecular formula is C16H21NO4. The fourth-order valence-corrected chi connectivity index (χ4v) is 3.07. The van der Waals surface area contributed by atoms with Crippen LogP contribution in [0, 0.1) is 5.41 Å². The first-order valence-electron chi connectivity index (χ1n) is 7.31. The fourth-order valence-electron chi connectivity index (χ4n) is 3.07. The van der Waals surface area contributed by atoms with Crippen LogP contribution in [-0.4, -0.2) is 28.6 Å². The van der Waals surface area contributed by atoms with Crippen LogP contribution >= 0.6 is 0 Å². The molecule has 1 aliphatic rings. The molecule has 1 aromatic carbocycles. The third-order valence-corrected chi connectivity index (χ3v) is 4.26. The number of hydrogen-bond donors (Lipinski definition) is 2. The van der Waals surface area contributed by atoms with Gasteiger partial charge in [0.2, 0.25) is 5.91 Å². The summed E-state index contributed by atoms with van der Waals surface area (Å²) in [6, 6.07) is 6.47. The summed E-state index contributed by atoms with van der Waals surface area (Å²) in [5.74, 6) is -0.986. The van der Waals surface area contributed by atoms with Gasteiger partial charge in [-0.1, -0.05) is 18.9 Å². The van der Waals surface area contributed by atoms with Crippen molar-refractivity contribution in [2.45, 2.75) is 39.0 Å². The van der Waals surface area contributed by atoms with Gasteiger partial charge in [0.05, 0.1) is 5.41 Å². The SMILES string of the molecule is CCN(C(=O)CC1(C(=O)O)CCCC1)c1cccc(O)c1. The molecule has 2 N–H and O–H groups in total. The second-order valence-electron chi connectivity index (χ2n) is 5.63. The van der Waals surface area contributed by atoms with Gasteiger partial charge in [-0.15, -0.1) is 0 Å². The number of carbonyl (C=O) groups excluding carboxylic acids is 1. The zero-order valence-electron chi connectivity index (χ0n) is 12.2. The third kappa shape index (κ3) is 3.17. The molecule has 0 aliphatic heterocycles. The Balaban J connectivity index is 2.19. The van der Waals surface area contributed by atoms with Gasteiger partial charge in [0.15, 0.2) is 0 Å². The van der Waals surface area contributed by atoms with Crippen LogP contribution in [0.5, 0.6) is 5.75 Å². The van der Waals surface area contributed by atoms with Crippen molar-refractivity contribution in [1.82, 2.24) is 0 Å². The van der Waals surface area contributed by atoms with Gasteiger partial charge in [0.25, 0.3) is 0 Å². The quantitative estimate of drug-likeness (QED) is 0.874. The minimum absolute atomic E-state index is 0.0197. The monoisotopic (exact) mass is 291 g/mol. The molecule has 0 saturated heterocycles. The zero-order valence-corrected chi connectivity index (χ0v) is 12.2. The van der Waals surface area contributed by atoms with Crippen molar-refractivity contribution in [1.29, 1.82) is 0 Å². The number of anilines is 1. The van der Waals surface area contributed by atoms with Gasteiger partial charge in [0, 0.05) is 24.7 Å². The van der Waals surface area contributed by atoms with Gasteiger partial charge < -0.3 is 15.1 Å². The lowest BCUT2D eigenvalue weighted by molar-refractivity contribution is -0.151. The number of benzene rings is 1. The Morgan fingerprint density at radius 1 is 1.29 bits per heavy atom. The van der Waals surface area contributed by atoms with Crippen molar-refractivity contribution in [3.05, 3.63) is 24.3 Å². The van der Waals surface area contributed by atoms with Crippen molar-refractivity contribution in [3.8, 4) is 5.75 Å². The first-order valence-corrected chi connectivity index (χ1v) is 7.31. The number of rotatable bonds is 5. The molecule has 5 nitrogen and oxygen atoms in total. The molecule has 1 saturated carbocycles. The molecule has 5 heteroatoms. The number of amides is 1. The number of carboxylic acid groups (broad SMARTS) is 1. The summed E-state index contributed by atoms with van der Waals surface area (Å²) >= 11 is 0. The lowest BCUT2D eigenvalue weighted by Gasteiger charge is -2.28. The number of nitrogens with zero attached hydrogens (tertiary/aromatic N) is 1. The first kappa shape index (κ1) is 15.4. The molecule has 0 heterocycles. The van der Waals surface area contributed by atoms with E-state index >= 15 is 0 Å². The Hall–Kier alpha value is -2.04. The van der Waals surface area contributed by atoms with E-state index in [1.54, 1.807) is 12.1 Å². The second kappa shape index (κ2) is 6.16. The van der Waals surface area contributed by atoms with Gasteiger partial charge in [-0.2, -0.15) is 0 Å². The maximum absolute atomic E-state index is 12.5. The Kier molecular flexibility index (Phi) is 4.50. The molecule has 0 radical (unpaired) electrons. The normalized spacial score (nSPS) is 16.6. The van der Waals surface area contributed by atoms with E-state index in [-0.39, 0.29) is 18.1 Å². The van der Waals surface area contributed by atoms with Crippen LogP contribution in [0.3, 0.4) is 0 Å². The number of phenolic OH excluding ortho intramolecular Hbond substituents is 1. The minimum Gasteiger partial charge on any atom is -0.508 e. The highest BCUT2D eigenvalue weighted by Crippen LogP contribution is 2.42. The summed E-state index contributed by atoms with van der Waals surface area (Å²) in [6.07, 6.45) is 2.86. The molecule has 114 valence electrons. The van der Waals surface area contributed by atoms with Gasteiger partial charge in [-0.25, -0.2) is 0 Å². The van der Waals surface area contributed by atoms with E-state index in [0.29, 0.717) is 25.1 Å². The first-order chi connectivity index (χ1) is 9.98. The number of hydrogen-bond acceptors (Lipinski definition) is 3. The molecule has 1 fully saturated rings. The van der Waals surface area contributed by atoms with E-state index in [9.17, 15) is 19.8 Å². The molecule has 1 aromatic rings. The van der Waals surface area contributed by atoms with Crippen LogP contribution in [0.4, 0.5) is 5.69 Å². The summed E-state index contributed by atoms with van der Waals surface area (Å²) in [7, 11) is 0. The summed E-state index contributed by atoms with van der Waals surface area (Å²) < 4.78 is 0. The summed E-state index contributed by atoms with van der Waals surface area (Å²) in [5.41, 5.74) is -0.317. The molecule has 0 spiro atoms. The van der Waals surface area contributed by atoms with E-state index in [1.165, 1.54) is 17.0 Å². The fraction of sp³-hybridized carbons (Fsp3) is 0.500. The minimum atomic E-state index is -0.915. The van der Waals surface area contributed by atoms with Crippen LogP contribution in [0.25, 0.3) is 0 Å². The van der Waals surface area contributed by atoms with Crippen molar-refractivity contribution < 1.29 is 19.8 Å². The van der Waals surface area contributed by atoms with Gasteiger partial charge >= 0.3 is 5.97 Å². The molecular weight excluding hydrogens is 270 g/mol. The van der Waals surface area contributed by atoms with Crippen molar-refractivity contribution in [3.63, 3.8) is 0 Å². The van der Waals surface area contributed by atoms with Crippen LogP contribution in [0.15, 0.2) is 24.3 Å². The van der Waals surface area contributed by atoms with Gasteiger partial charge in [-0.05, 0) is 31.9 Å². The topological polar surface area (TPSA) is 77.8 Å². The summed E-state index contributed by atoms with van der Waals surface area (Å²) in [5, 5.41) is 19.0. The molecule has 0 unspecified atom stereocenters. The maximum atomic E-state index is 12.5. The molecule has 1 aliphatic carbocycles. The number of phenols is 1. The average Bonchev–Trinajstić information content (AvgIpc) is 2.89. The Morgan fingerprint density at radius 2 is 1.95 bits per heavy atom.